The molecule has 1 amide bonds. The largest absolute Gasteiger partial charge is 0.347 e. The number of hydrogen-bond donors (Lipinski definition) is 1. The van der Waals surface area contributed by atoms with Crippen molar-refractivity contribution in [2.24, 2.45) is 0 Å². The summed E-state index contributed by atoms with van der Waals surface area (Å²) in [6.45, 7) is 10.6. The first-order chi connectivity index (χ1) is 8.84. The van der Waals surface area contributed by atoms with Gasteiger partial charge in [-0.3, -0.25) is 4.79 Å². The van der Waals surface area contributed by atoms with Gasteiger partial charge in [-0.05, 0) is 58.2 Å². The van der Waals surface area contributed by atoms with Crippen LogP contribution in [0.1, 0.15) is 47.8 Å². The van der Waals surface area contributed by atoms with Crippen molar-refractivity contribution < 1.29 is 13.2 Å². The Hall–Kier alpha value is -1.07. The molecule has 0 aliphatic rings. The highest BCUT2D eigenvalue weighted by atomic mass is 35.7. The molecule has 0 spiro atoms. The molecular weight excluding hydrogens is 298 g/mol. The van der Waals surface area contributed by atoms with Crippen LogP contribution in [0.2, 0.25) is 0 Å². The van der Waals surface area contributed by atoms with Crippen LogP contribution < -0.4 is 5.32 Å². The van der Waals surface area contributed by atoms with Crippen molar-refractivity contribution in [1.82, 2.24) is 5.32 Å². The first-order valence-corrected chi connectivity index (χ1v) is 8.53. The number of benzene rings is 1. The lowest BCUT2D eigenvalue weighted by molar-refractivity contribution is 0.0918. The van der Waals surface area contributed by atoms with E-state index in [2.05, 4.69) is 5.32 Å². The zero-order chi connectivity index (χ0) is 15.9. The van der Waals surface area contributed by atoms with Crippen LogP contribution in [0.25, 0.3) is 0 Å². The molecule has 0 radical (unpaired) electrons. The smallest absolute Gasteiger partial charge is 0.261 e. The fourth-order valence-electron chi connectivity index (χ4n) is 2.30. The van der Waals surface area contributed by atoms with Crippen LogP contribution in [0.4, 0.5) is 0 Å². The SMILES string of the molecule is Cc1cc(C)c(S(=O)(=O)Cl)c(C)c1C(=O)NC(C)(C)C. The molecule has 0 saturated heterocycles. The molecule has 20 heavy (non-hydrogen) atoms. The van der Waals surface area contributed by atoms with Crippen molar-refractivity contribution >= 4 is 25.6 Å². The van der Waals surface area contributed by atoms with E-state index in [1.165, 1.54) is 0 Å². The second kappa shape index (κ2) is 5.37. The highest BCUT2D eigenvalue weighted by molar-refractivity contribution is 8.13. The second-order valence-corrected chi connectivity index (χ2v) is 8.48. The van der Waals surface area contributed by atoms with Gasteiger partial charge in [0.1, 0.15) is 0 Å². The van der Waals surface area contributed by atoms with Gasteiger partial charge >= 0.3 is 0 Å². The average Bonchev–Trinajstić information content (AvgIpc) is 2.09. The third kappa shape index (κ3) is 3.73. The summed E-state index contributed by atoms with van der Waals surface area (Å²) in [6.07, 6.45) is 0. The van der Waals surface area contributed by atoms with E-state index in [1.54, 1.807) is 26.8 Å². The summed E-state index contributed by atoms with van der Waals surface area (Å²) in [5.74, 6) is -0.297. The van der Waals surface area contributed by atoms with E-state index >= 15 is 0 Å². The molecule has 0 fully saturated rings. The molecule has 0 aromatic heterocycles. The van der Waals surface area contributed by atoms with Gasteiger partial charge in [-0.15, -0.1) is 0 Å². The summed E-state index contributed by atoms with van der Waals surface area (Å²) in [4.78, 5) is 12.4. The Morgan fingerprint density at radius 3 is 2.05 bits per heavy atom. The van der Waals surface area contributed by atoms with Gasteiger partial charge in [0.25, 0.3) is 15.0 Å². The van der Waals surface area contributed by atoms with Crippen LogP contribution in [0.15, 0.2) is 11.0 Å². The third-order valence-corrected chi connectivity index (χ3v) is 4.44. The lowest BCUT2D eigenvalue weighted by Crippen LogP contribution is -2.41. The predicted octanol–water partition coefficient (Wildman–Crippen LogP) is 3.07. The molecule has 0 atom stereocenters. The molecule has 112 valence electrons. The van der Waals surface area contributed by atoms with Crippen LogP contribution in [-0.2, 0) is 9.05 Å². The molecule has 0 aliphatic heterocycles. The molecule has 0 bridgehead atoms. The Bertz CT molecular complexity index is 658. The fraction of sp³-hybridized carbons (Fsp3) is 0.500. The minimum atomic E-state index is -3.89. The summed E-state index contributed by atoms with van der Waals surface area (Å²) in [7, 11) is 1.58. The molecule has 1 N–H and O–H groups in total. The summed E-state index contributed by atoms with van der Waals surface area (Å²) in [5, 5.41) is 2.84. The summed E-state index contributed by atoms with van der Waals surface area (Å²) >= 11 is 0. The number of amides is 1. The fourth-order valence-corrected chi connectivity index (χ4v) is 3.92. The predicted molar refractivity (Wildman–Crippen MR) is 80.9 cm³/mol. The number of nitrogens with one attached hydrogen (secondary N) is 1. The number of halogens is 1. The zero-order valence-corrected chi connectivity index (χ0v) is 14.2. The molecule has 6 heteroatoms. The van der Waals surface area contributed by atoms with E-state index in [0.717, 1.165) is 5.56 Å². The maximum atomic E-state index is 12.3. The molecule has 1 rings (SSSR count). The lowest BCUT2D eigenvalue weighted by atomic mass is 9.97. The first kappa shape index (κ1) is 17.0. The maximum absolute atomic E-state index is 12.3. The Morgan fingerprint density at radius 2 is 1.65 bits per heavy atom. The molecule has 0 heterocycles. The van der Waals surface area contributed by atoms with Crippen molar-refractivity contribution in [2.75, 3.05) is 0 Å². The molecule has 1 aromatic rings. The summed E-state index contributed by atoms with van der Waals surface area (Å²) in [6, 6.07) is 1.67. The Morgan fingerprint density at radius 1 is 1.15 bits per heavy atom. The van der Waals surface area contributed by atoms with E-state index < -0.39 is 14.6 Å². The van der Waals surface area contributed by atoms with E-state index in [-0.39, 0.29) is 10.8 Å². The molecular formula is C14H20ClNO3S. The summed E-state index contributed by atoms with van der Waals surface area (Å²) in [5.41, 5.74) is 1.62. The lowest BCUT2D eigenvalue weighted by Gasteiger charge is -2.23. The van der Waals surface area contributed by atoms with Crippen LogP contribution in [0.3, 0.4) is 0 Å². The van der Waals surface area contributed by atoms with Crippen LogP contribution in [0, 0.1) is 20.8 Å². The van der Waals surface area contributed by atoms with Crippen LogP contribution in [-0.4, -0.2) is 19.9 Å². The molecule has 0 saturated carbocycles. The van der Waals surface area contributed by atoms with Gasteiger partial charge in [0.2, 0.25) is 0 Å². The minimum Gasteiger partial charge on any atom is -0.347 e. The third-order valence-electron chi connectivity index (χ3n) is 2.86. The van der Waals surface area contributed by atoms with Crippen LogP contribution >= 0.6 is 10.7 Å². The van der Waals surface area contributed by atoms with Gasteiger partial charge in [-0.25, -0.2) is 8.42 Å². The number of rotatable bonds is 2. The summed E-state index contributed by atoms with van der Waals surface area (Å²) < 4.78 is 23.4. The van der Waals surface area contributed by atoms with Crippen LogP contribution in [0.5, 0.6) is 0 Å². The highest BCUT2D eigenvalue weighted by Crippen LogP contribution is 2.29. The van der Waals surface area contributed by atoms with Gasteiger partial charge in [-0.1, -0.05) is 6.07 Å². The van der Waals surface area contributed by atoms with Crippen molar-refractivity contribution in [1.29, 1.82) is 0 Å². The standard InChI is InChI=1S/C14H20ClNO3S/c1-8-7-9(2)12(20(15,18)19)10(3)11(8)13(17)16-14(4,5)6/h7H,1-6H3,(H,16,17). The Balaban J connectivity index is 3.54. The highest BCUT2D eigenvalue weighted by Gasteiger charge is 2.25. The number of carbonyl (C=O) groups excluding carboxylic acids is 1. The minimum absolute atomic E-state index is 0.0174. The number of carbonyl (C=O) groups is 1. The second-order valence-electron chi connectivity index (χ2n) is 5.98. The van der Waals surface area contributed by atoms with Crippen molar-refractivity contribution in [3.05, 3.63) is 28.3 Å². The van der Waals surface area contributed by atoms with E-state index in [9.17, 15) is 13.2 Å². The molecule has 1 aromatic carbocycles. The Kier molecular flexibility index (Phi) is 4.56. The topological polar surface area (TPSA) is 63.2 Å². The van der Waals surface area contributed by atoms with Gasteiger partial charge in [-0.2, -0.15) is 0 Å². The normalized spacial score (nSPS) is 12.3. The number of hydrogen-bond acceptors (Lipinski definition) is 3. The quantitative estimate of drug-likeness (QED) is 0.853. The zero-order valence-electron chi connectivity index (χ0n) is 12.6. The maximum Gasteiger partial charge on any atom is 0.261 e. The van der Waals surface area contributed by atoms with Crippen molar-refractivity contribution in [3.8, 4) is 0 Å². The molecule has 0 unspecified atom stereocenters. The van der Waals surface area contributed by atoms with E-state index in [4.69, 9.17) is 10.7 Å². The van der Waals surface area contributed by atoms with Gasteiger partial charge in [0.15, 0.2) is 0 Å². The van der Waals surface area contributed by atoms with Gasteiger partial charge in [0, 0.05) is 21.8 Å². The van der Waals surface area contributed by atoms with E-state index in [0.29, 0.717) is 16.7 Å². The first-order valence-electron chi connectivity index (χ1n) is 6.22. The van der Waals surface area contributed by atoms with Gasteiger partial charge in [0.05, 0.1) is 4.90 Å². The monoisotopic (exact) mass is 317 g/mol. The Labute approximate surface area is 124 Å². The van der Waals surface area contributed by atoms with E-state index in [1.807, 2.05) is 20.8 Å². The average molecular weight is 318 g/mol. The molecule has 0 aliphatic carbocycles. The van der Waals surface area contributed by atoms with Gasteiger partial charge < -0.3 is 5.32 Å². The van der Waals surface area contributed by atoms with Crippen molar-refractivity contribution in [3.63, 3.8) is 0 Å². The van der Waals surface area contributed by atoms with Crippen molar-refractivity contribution in [2.45, 2.75) is 52.0 Å². The number of aryl methyl sites for hydroxylation is 2. The molecule has 4 nitrogen and oxygen atoms in total.